The van der Waals surface area contributed by atoms with E-state index in [1.807, 2.05) is 74.7 Å². The third-order valence-corrected chi connectivity index (χ3v) is 7.46. The quantitative estimate of drug-likeness (QED) is 0.277. The van der Waals surface area contributed by atoms with Crippen molar-refractivity contribution >= 4 is 33.1 Å². The van der Waals surface area contributed by atoms with E-state index in [2.05, 4.69) is 34.6 Å². The number of hydrogen-bond acceptors (Lipinski definition) is 4. The molecule has 2 heterocycles. The van der Waals surface area contributed by atoms with Crippen LogP contribution in [0.4, 0.5) is 5.69 Å². The molecule has 0 saturated heterocycles. The molecule has 5 aromatic rings. The maximum atomic E-state index is 13.7. The fourth-order valence-electron chi connectivity index (χ4n) is 4.58. The standard InChI is InChI=1S/C30H27N3O2S/c1-4-25(28(34)32-27-19(2)9-8-10-20(27)3)33-18-31-29-26(30(33)35)24(17-36-29)23-15-13-22(14-16-23)21-11-6-5-7-12-21/h5-18,25H,4H2,1-3H3,(H,32,34). The van der Waals surface area contributed by atoms with Crippen molar-refractivity contribution in [1.82, 2.24) is 9.55 Å². The van der Waals surface area contributed by atoms with Crippen LogP contribution in [0.2, 0.25) is 0 Å². The van der Waals surface area contributed by atoms with E-state index in [1.54, 1.807) is 0 Å². The molecular weight excluding hydrogens is 466 g/mol. The Hall–Kier alpha value is -4.03. The number of nitrogens with zero attached hydrogens (tertiary/aromatic N) is 2. The fourth-order valence-corrected chi connectivity index (χ4v) is 5.49. The van der Waals surface area contributed by atoms with E-state index < -0.39 is 6.04 Å². The predicted molar refractivity (Wildman–Crippen MR) is 149 cm³/mol. The zero-order valence-corrected chi connectivity index (χ0v) is 21.3. The highest BCUT2D eigenvalue weighted by Crippen LogP contribution is 2.32. The Morgan fingerprint density at radius 2 is 1.56 bits per heavy atom. The number of carbonyl (C=O) groups excluding carboxylic acids is 1. The molecule has 0 spiro atoms. The molecule has 1 atom stereocenters. The summed E-state index contributed by atoms with van der Waals surface area (Å²) in [6, 6.07) is 23.6. The zero-order chi connectivity index (χ0) is 25.2. The van der Waals surface area contributed by atoms with Gasteiger partial charge in [-0.25, -0.2) is 4.98 Å². The molecule has 0 fully saturated rings. The third kappa shape index (κ3) is 4.36. The Morgan fingerprint density at radius 1 is 0.917 bits per heavy atom. The van der Waals surface area contributed by atoms with Gasteiger partial charge in [0.2, 0.25) is 5.91 Å². The summed E-state index contributed by atoms with van der Waals surface area (Å²) in [6.45, 7) is 5.83. The first-order valence-electron chi connectivity index (χ1n) is 12.0. The number of rotatable bonds is 6. The number of carbonyl (C=O) groups is 1. The summed E-state index contributed by atoms with van der Waals surface area (Å²) in [4.78, 5) is 32.2. The summed E-state index contributed by atoms with van der Waals surface area (Å²) in [5.74, 6) is -0.220. The molecule has 0 bridgehead atoms. The highest BCUT2D eigenvalue weighted by Gasteiger charge is 2.23. The summed E-state index contributed by atoms with van der Waals surface area (Å²) in [5.41, 5.74) is 6.60. The SMILES string of the molecule is CCC(C(=O)Nc1c(C)cccc1C)n1cnc2scc(-c3ccc(-c4ccccc4)cc3)c2c1=O. The van der Waals surface area contributed by atoms with Crippen LogP contribution < -0.4 is 10.9 Å². The molecule has 0 aliphatic heterocycles. The summed E-state index contributed by atoms with van der Waals surface area (Å²) >= 11 is 1.44. The molecule has 1 N–H and O–H groups in total. The van der Waals surface area contributed by atoms with Gasteiger partial charge in [-0.05, 0) is 48.1 Å². The van der Waals surface area contributed by atoms with Gasteiger partial charge in [-0.1, -0.05) is 79.7 Å². The predicted octanol–water partition coefficient (Wildman–Crippen LogP) is 7.00. The minimum atomic E-state index is -0.665. The molecule has 180 valence electrons. The minimum absolute atomic E-state index is 0.202. The van der Waals surface area contributed by atoms with Gasteiger partial charge in [0, 0.05) is 16.6 Å². The van der Waals surface area contributed by atoms with Crippen molar-refractivity contribution in [1.29, 1.82) is 0 Å². The van der Waals surface area contributed by atoms with Crippen LogP contribution in [0.1, 0.15) is 30.5 Å². The maximum Gasteiger partial charge on any atom is 0.263 e. The molecule has 2 aromatic heterocycles. The number of hydrogen-bond donors (Lipinski definition) is 1. The molecule has 5 rings (SSSR count). The molecule has 6 heteroatoms. The lowest BCUT2D eigenvalue weighted by Crippen LogP contribution is -2.33. The van der Waals surface area contributed by atoms with Gasteiger partial charge in [0.15, 0.2) is 0 Å². The molecule has 36 heavy (non-hydrogen) atoms. The lowest BCUT2D eigenvalue weighted by atomic mass is 10.0. The van der Waals surface area contributed by atoms with Crippen LogP contribution in [0.3, 0.4) is 0 Å². The molecule has 5 nitrogen and oxygen atoms in total. The van der Waals surface area contributed by atoms with Crippen LogP contribution in [-0.4, -0.2) is 15.5 Å². The van der Waals surface area contributed by atoms with Crippen LogP contribution in [0.5, 0.6) is 0 Å². The second kappa shape index (κ2) is 9.91. The van der Waals surface area contributed by atoms with Crippen LogP contribution in [0.25, 0.3) is 32.5 Å². The van der Waals surface area contributed by atoms with Crippen molar-refractivity contribution in [2.45, 2.75) is 33.2 Å². The molecule has 1 amide bonds. The van der Waals surface area contributed by atoms with Crippen molar-refractivity contribution in [3.63, 3.8) is 0 Å². The zero-order valence-electron chi connectivity index (χ0n) is 20.5. The van der Waals surface area contributed by atoms with E-state index >= 15 is 0 Å². The summed E-state index contributed by atoms with van der Waals surface area (Å²) in [5, 5.41) is 5.56. The van der Waals surface area contributed by atoms with Crippen LogP contribution in [0, 0.1) is 13.8 Å². The van der Waals surface area contributed by atoms with Crippen LogP contribution in [0.15, 0.2) is 89.3 Å². The highest BCUT2D eigenvalue weighted by molar-refractivity contribution is 7.17. The lowest BCUT2D eigenvalue weighted by Gasteiger charge is -2.19. The van der Waals surface area contributed by atoms with E-state index in [1.165, 1.54) is 22.2 Å². The number of thiophene rings is 1. The Morgan fingerprint density at radius 3 is 2.22 bits per heavy atom. The number of benzene rings is 3. The normalized spacial score (nSPS) is 12.0. The number of nitrogens with one attached hydrogen (secondary N) is 1. The number of para-hydroxylation sites is 1. The number of anilines is 1. The third-order valence-electron chi connectivity index (χ3n) is 6.58. The molecule has 0 aliphatic carbocycles. The van der Waals surface area contributed by atoms with E-state index in [-0.39, 0.29) is 11.5 Å². The van der Waals surface area contributed by atoms with E-state index in [4.69, 9.17) is 0 Å². The van der Waals surface area contributed by atoms with Crippen LogP contribution >= 0.6 is 11.3 Å². The largest absolute Gasteiger partial charge is 0.324 e. The second-order valence-electron chi connectivity index (χ2n) is 8.91. The van der Waals surface area contributed by atoms with Gasteiger partial charge in [-0.2, -0.15) is 0 Å². The van der Waals surface area contributed by atoms with Gasteiger partial charge in [0.25, 0.3) is 5.56 Å². The number of aryl methyl sites for hydroxylation is 2. The summed E-state index contributed by atoms with van der Waals surface area (Å²) in [6.07, 6.45) is 1.97. The second-order valence-corrected chi connectivity index (χ2v) is 9.77. The topological polar surface area (TPSA) is 64.0 Å². The van der Waals surface area contributed by atoms with Crippen molar-refractivity contribution in [2.24, 2.45) is 0 Å². The summed E-state index contributed by atoms with van der Waals surface area (Å²) < 4.78 is 1.47. The molecule has 1 unspecified atom stereocenters. The molecule has 0 radical (unpaired) electrons. The first-order chi connectivity index (χ1) is 17.5. The van der Waals surface area contributed by atoms with Crippen LogP contribution in [-0.2, 0) is 4.79 Å². The number of amides is 1. The lowest BCUT2D eigenvalue weighted by molar-refractivity contribution is -0.119. The fraction of sp³-hybridized carbons (Fsp3) is 0.167. The van der Waals surface area contributed by atoms with Crippen molar-refractivity contribution < 1.29 is 4.79 Å². The Bertz CT molecular complexity index is 1580. The Kier molecular flexibility index (Phi) is 6.53. The average Bonchev–Trinajstić information content (AvgIpc) is 3.34. The van der Waals surface area contributed by atoms with Gasteiger partial charge in [-0.3, -0.25) is 14.2 Å². The first kappa shape index (κ1) is 23.7. The molecule has 0 aliphatic rings. The van der Waals surface area contributed by atoms with Crippen molar-refractivity contribution in [3.8, 4) is 22.3 Å². The van der Waals surface area contributed by atoms with Gasteiger partial charge >= 0.3 is 0 Å². The molecule has 3 aromatic carbocycles. The van der Waals surface area contributed by atoms with Gasteiger partial charge < -0.3 is 5.32 Å². The van der Waals surface area contributed by atoms with E-state index in [0.29, 0.717) is 16.6 Å². The maximum absolute atomic E-state index is 13.7. The monoisotopic (exact) mass is 493 g/mol. The average molecular weight is 494 g/mol. The minimum Gasteiger partial charge on any atom is -0.324 e. The van der Waals surface area contributed by atoms with E-state index in [0.717, 1.165) is 39.1 Å². The first-order valence-corrected chi connectivity index (χ1v) is 12.9. The summed E-state index contributed by atoms with van der Waals surface area (Å²) in [7, 11) is 0. The highest BCUT2D eigenvalue weighted by atomic mass is 32.1. The van der Waals surface area contributed by atoms with Gasteiger partial charge in [0.05, 0.1) is 11.7 Å². The Labute approximate surface area is 214 Å². The molecular formula is C30H27N3O2S. The van der Waals surface area contributed by atoms with Crippen molar-refractivity contribution in [2.75, 3.05) is 5.32 Å². The smallest absolute Gasteiger partial charge is 0.263 e. The number of fused-ring (bicyclic) bond motifs is 1. The van der Waals surface area contributed by atoms with Gasteiger partial charge in [0.1, 0.15) is 10.9 Å². The van der Waals surface area contributed by atoms with Gasteiger partial charge in [-0.15, -0.1) is 11.3 Å². The number of aromatic nitrogens is 2. The Balaban J connectivity index is 1.51. The van der Waals surface area contributed by atoms with Crippen molar-refractivity contribution in [3.05, 3.63) is 106 Å². The van der Waals surface area contributed by atoms with E-state index in [9.17, 15) is 9.59 Å². The molecule has 0 saturated carbocycles.